The first-order chi connectivity index (χ1) is 11.1. The lowest BCUT2D eigenvalue weighted by Crippen LogP contribution is -2.37. The molecule has 23 heavy (non-hydrogen) atoms. The smallest absolute Gasteiger partial charge is 0.315 e. The van der Waals surface area contributed by atoms with Gasteiger partial charge in [-0.3, -0.25) is 0 Å². The quantitative estimate of drug-likeness (QED) is 0.848. The number of urea groups is 1. The summed E-state index contributed by atoms with van der Waals surface area (Å²) in [6.45, 7) is 4.58. The average molecular weight is 312 g/mol. The topological polar surface area (TPSA) is 50.4 Å². The molecule has 4 heteroatoms. The molecule has 0 bridgehead atoms. The number of rotatable bonds is 6. The van der Waals surface area contributed by atoms with E-state index in [1.54, 1.807) is 7.11 Å². The van der Waals surface area contributed by atoms with Crippen molar-refractivity contribution < 1.29 is 9.53 Å². The second-order valence-electron chi connectivity index (χ2n) is 5.55. The van der Waals surface area contributed by atoms with Gasteiger partial charge in [0.2, 0.25) is 0 Å². The lowest BCUT2D eigenvalue weighted by atomic mass is 10.0. The maximum atomic E-state index is 12.1. The SMILES string of the molecule is CCC(NC(=O)NCc1cccc(OC)c1)c1ccc(C)cc1. The first-order valence-electron chi connectivity index (χ1n) is 7.86. The summed E-state index contributed by atoms with van der Waals surface area (Å²) in [6, 6.07) is 15.8. The molecule has 0 saturated heterocycles. The molecule has 0 aliphatic rings. The molecular weight excluding hydrogens is 288 g/mol. The van der Waals surface area contributed by atoms with E-state index in [4.69, 9.17) is 4.74 Å². The number of methoxy groups -OCH3 is 1. The number of nitrogens with one attached hydrogen (secondary N) is 2. The molecule has 0 spiro atoms. The van der Waals surface area contributed by atoms with E-state index in [9.17, 15) is 4.79 Å². The predicted octanol–water partition coefficient (Wildman–Crippen LogP) is 3.95. The molecule has 122 valence electrons. The average Bonchev–Trinajstić information content (AvgIpc) is 2.59. The molecule has 2 aromatic rings. The Balaban J connectivity index is 1.90. The van der Waals surface area contributed by atoms with Gasteiger partial charge in [0.05, 0.1) is 13.2 Å². The highest BCUT2D eigenvalue weighted by molar-refractivity contribution is 5.74. The molecule has 0 fully saturated rings. The Kier molecular flexibility index (Phi) is 6.03. The van der Waals surface area contributed by atoms with Crippen molar-refractivity contribution >= 4 is 6.03 Å². The van der Waals surface area contributed by atoms with Crippen molar-refractivity contribution in [2.45, 2.75) is 32.9 Å². The Morgan fingerprint density at radius 3 is 2.57 bits per heavy atom. The summed E-state index contributed by atoms with van der Waals surface area (Å²) in [5.74, 6) is 0.788. The summed E-state index contributed by atoms with van der Waals surface area (Å²) in [5, 5.41) is 5.91. The van der Waals surface area contributed by atoms with Gasteiger partial charge in [-0.15, -0.1) is 0 Å². The second kappa shape index (κ2) is 8.22. The third-order valence-corrected chi connectivity index (χ3v) is 3.78. The maximum Gasteiger partial charge on any atom is 0.315 e. The summed E-state index contributed by atoms with van der Waals surface area (Å²) in [7, 11) is 1.63. The fourth-order valence-electron chi connectivity index (χ4n) is 2.39. The third kappa shape index (κ3) is 5.02. The van der Waals surface area contributed by atoms with Crippen LogP contribution in [-0.2, 0) is 6.54 Å². The lowest BCUT2D eigenvalue weighted by Gasteiger charge is -2.18. The Bertz CT molecular complexity index is 638. The van der Waals surface area contributed by atoms with Gasteiger partial charge in [0.25, 0.3) is 0 Å². The zero-order chi connectivity index (χ0) is 16.7. The minimum Gasteiger partial charge on any atom is -0.497 e. The van der Waals surface area contributed by atoms with Crippen molar-refractivity contribution in [3.8, 4) is 5.75 Å². The van der Waals surface area contributed by atoms with Crippen molar-refractivity contribution in [1.29, 1.82) is 0 Å². The van der Waals surface area contributed by atoms with E-state index in [-0.39, 0.29) is 12.1 Å². The van der Waals surface area contributed by atoms with Crippen LogP contribution in [0.25, 0.3) is 0 Å². The largest absolute Gasteiger partial charge is 0.497 e. The lowest BCUT2D eigenvalue weighted by molar-refractivity contribution is 0.236. The molecule has 0 aromatic heterocycles. The van der Waals surface area contributed by atoms with E-state index >= 15 is 0 Å². The van der Waals surface area contributed by atoms with Crippen molar-refractivity contribution in [3.05, 3.63) is 65.2 Å². The standard InChI is InChI=1S/C19H24N2O2/c1-4-18(16-10-8-14(2)9-11-16)21-19(22)20-13-15-6-5-7-17(12-15)23-3/h5-12,18H,4,13H2,1-3H3,(H2,20,21,22). The monoisotopic (exact) mass is 312 g/mol. The van der Waals surface area contributed by atoms with Crippen LogP contribution in [0, 0.1) is 6.92 Å². The molecule has 2 amide bonds. The van der Waals surface area contributed by atoms with E-state index in [2.05, 4.69) is 48.7 Å². The molecule has 2 aromatic carbocycles. The predicted molar refractivity (Wildman–Crippen MR) is 92.6 cm³/mol. The van der Waals surface area contributed by atoms with Crippen LogP contribution in [0.15, 0.2) is 48.5 Å². The Hall–Kier alpha value is -2.49. The summed E-state index contributed by atoms with van der Waals surface area (Å²) in [4.78, 5) is 12.1. The fraction of sp³-hybridized carbons (Fsp3) is 0.316. The molecule has 0 radical (unpaired) electrons. The van der Waals surface area contributed by atoms with Crippen molar-refractivity contribution in [1.82, 2.24) is 10.6 Å². The summed E-state index contributed by atoms with van der Waals surface area (Å²) in [5.41, 5.74) is 3.34. The van der Waals surface area contributed by atoms with Crippen molar-refractivity contribution in [3.63, 3.8) is 0 Å². The van der Waals surface area contributed by atoms with E-state index in [0.29, 0.717) is 6.54 Å². The Morgan fingerprint density at radius 2 is 1.91 bits per heavy atom. The molecular formula is C19H24N2O2. The van der Waals surface area contributed by atoms with Crippen LogP contribution in [0.5, 0.6) is 5.75 Å². The van der Waals surface area contributed by atoms with Gasteiger partial charge in [0.1, 0.15) is 5.75 Å². The molecule has 1 unspecified atom stereocenters. The number of ether oxygens (including phenoxy) is 1. The Morgan fingerprint density at radius 1 is 1.17 bits per heavy atom. The van der Waals surface area contributed by atoms with Crippen molar-refractivity contribution in [2.75, 3.05) is 7.11 Å². The molecule has 0 aliphatic carbocycles. The highest BCUT2D eigenvalue weighted by Crippen LogP contribution is 2.17. The van der Waals surface area contributed by atoms with Crippen molar-refractivity contribution in [2.24, 2.45) is 0 Å². The minimum atomic E-state index is -0.166. The molecule has 2 rings (SSSR count). The third-order valence-electron chi connectivity index (χ3n) is 3.78. The second-order valence-corrected chi connectivity index (χ2v) is 5.55. The highest BCUT2D eigenvalue weighted by atomic mass is 16.5. The molecule has 2 N–H and O–H groups in total. The van der Waals surface area contributed by atoms with Crippen LogP contribution in [0.4, 0.5) is 4.79 Å². The van der Waals surface area contributed by atoms with Crippen LogP contribution in [0.2, 0.25) is 0 Å². The number of carbonyl (C=O) groups is 1. The van der Waals surface area contributed by atoms with Crippen LogP contribution >= 0.6 is 0 Å². The molecule has 1 atom stereocenters. The number of benzene rings is 2. The van der Waals surface area contributed by atoms with Crippen LogP contribution in [-0.4, -0.2) is 13.1 Å². The zero-order valence-corrected chi connectivity index (χ0v) is 13.9. The van der Waals surface area contributed by atoms with Crippen LogP contribution in [0.3, 0.4) is 0 Å². The summed E-state index contributed by atoms with van der Waals surface area (Å²) >= 11 is 0. The highest BCUT2D eigenvalue weighted by Gasteiger charge is 2.12. The van der Waals surface area contributed by atoms with E-state index in [0.717, 1.165) is 23.3 Å². The van der Waals surface area contributed by atoms with Gasteiger partial charge >= 0.3 is 6.03 Å². The maximum absolute atomic E-state index is 12.1. The van der Waals surface area contributed by atoms with Gasteiger partial charge in [-0.2, -0.15) is 0 Å². The number of hydrogen-bond donors (Lipinski definition) is 2. The van der Waals surface area contributed by atoms with Crippen LogP contribution in [0.1, 0.15) is 36.1 Å². The van der Waals surface area contributed by atoms with Gasteiger partial charge < -0.3 is 15.4 Å². The van der Waals surface area contributed by atoms with Gasteiger partial charge in [0, 0.05) is 6.54 Å². The Labute approximate surface area is 137 Å². The fourth-order valence-corrected chi connectivity index (χ4v) is 2.39. The van der Waals surface area contributed by atoms with Crippen LogP contribution < -0.4 is 15.4 Å². The van der Waals surface area contributed by atoms with E-state index < -0.39 is 0 Å². The van der Waals surface area contributed by atoms with Gasteiger partial charge in [-0.25, -0.2) is 4.79 Å². The molecule has 4 nitrogen and oxygen atoms in total. The number of hydrogen-bond acceptors (Lipinski definition) is 2. The van der Waals surface area contributed by atoms with Gasteiger partial charge in [0.15, 0.2) is 0 Å². The van der Waals surface area contributed by atoms with Gasteiger partial charge in [-0.1, -0.05) is 48.9 Å². The van der Waals surface area contributed by atoms with Gasteiger partial charge in [-0.05, 0) is 36.6 Å². The normalized spacial score (nSPS) is 11.6. The molecule has 0 heterocycles. The molecule has 0 aliphatic heterocycles. The minimum absolute atomic E-state index is 0.0147. The number of amides is 2. The van der Waals surface area contributed by atoms with E-state index in [1.807, 2.05) is 24.3 Å². The number of carbonyl (C=O) groups excluding carboxylic acids is 1. The molecule has 0 saturated carbocycles. The number of aryl methyl sites for hydroxylation is 1. The summed E-state index contributed by atoms with van der Waals surface area (Å²) in [6.07, 6.45) is 0.843. The summed E-state index contributed by atoms with van der Waals surface area (Å²) < 4.78 is 5.18. The zero-order valence-electron chi connectivity index (χ0n) is 13.9. The first-order valence-corrected chi connectivity index (χ1v) is 7.86. The first kappa shape index (κ1) is 16.9. The van der Waals surface area contributed by atoms with E-state index in [1.165, 1.54) is 5.56 Å².